The van der Waals surface area contributed by atoms with Crippen LogP contribution >= 0.6 is 11.6 Å². The lowest BCUT2D eigenvalue weighted by atomic mass is 10.2. The summed E-state index contributed by atoms with van der Waals surface area (Å²) in [5, 5.41) is 3.52. The lowest BCUT2D eigenvalue weighted by Crippen LogP contribution is -2.37. The molecule has 4 nitrogen and oxygen atoms in total. The van der Waals surface area contributed by atoms with Crippen molar-refractivity contribution in [1.29, 1.82) is 0 Å². The number of methoxy groups -OCH3 is 1. The molecule has 0 aliphatic carbocycles. The zero-order valence-corrected chi connectivity index (χ0v) is 14.0. The first-order valence-corrected chi connectivity index (χ1v) is 7.83. The van der Waals surface area contributed by atoms with Gasteiger partial charge < -0.3 is 14.8 Å². The molecule has 0 fully saturated rings. The van der Waals surface area contributed by atoms with Crippen LogP contribution in [-0.4, -0.2) is 19.1 Å². The average Bonchev–Trinajstić information content (AvgIpc) is 2.59. The van der Waals surface area contributed by atoms with Crippen molar-refractivity contribution in [2.45, 2.75) is 26.0 Å². The Morgan fingerprint density at radius 3 is 2.26 bits per heavy atom. The largest absolute Gasteiger partial charge is 0.497 e. The summed E-state index contributed by atoms with van der Waals surface area (Å²) >= 11 is 5.84. The molecule has 1 unspecified atom stereocenters. The Morgan fingerprint density at radius 1 is 1.09 bits per heavy atom. The number of amides is 1. The molecule has 1 amide bonds. The second kappa shape index (κ2) is 8.44. The van der Waals surface area contributed by atoms with Gasteiger partial charge in [-0.1, -0.05) is 30.7 Å². The fourth-order valence-electron chi connectivity index (χ4n) is 2.05. The maximum absolute atomic E-state index is 12.3. The molecule has 0 aliphatic rings. The molecule has 0 aliphatic heterocycles. The summed E-state index contributed by atoms with van der Waals surface area (Å²) in [5.74, 6) is 1.27. The molecule has 122 valence electrons. The van der Waals surface area contributed by atoms with Gasteiger partial charge in [-0.05, 0) is 48.4 Å². The Labute approximate surface area is 141 Å². The number of nitrogens with one attached hydrogen (secondary N) is 1. The highest BCUT2D eigenvalue weighted by molar-refractivity contribution is 6.30. The van der Waals surface area contributed by atoms with Gasteiger partial charge in [0.25, 0.3) is 5.91 Å². The van der Waals surface area contributed by atoms with Gasteiger partial charge in [0.05, 0.1) is 7.11 Å². The Bertz CT molecular complexity index is 626. The van der Waals surface area contributed by atoms with E-state index in [2.05, 4.69) is 5.32 Å². The first-order chi connectivity index (χ1) is 11.1. The predicted molar refractivity (Wildman–Crippen MR) is 91.0 cm³/mol. The molecule has 5 heteroatoms. The quantitative estimate of drug-likeness (QED) is 0.837. The number of carbonyl (C=O) groups excluding carboxylic acids is 1. The predicted octanol–water partition coefficient (Wildman–Crippen LogP) is 3.82. The van der Waals surface area contributed by atoms with Crippen molar-refractivity contribution in [2.75, 3.05) is 7.11 Å². The van der Waals surface area contributed by atoms with E-state index in [1.54, 1.807) is 31.4 Å². The minimum Gasteiger partial charge on any atom is -0.497 e. The zero-order valence-electron chi connectivity index (χ0n) is 13.2. The summed E-state index contributed by atoms with van der Waals surface area (Å²) < 4.78 is 10.8. The van der Waals surface area contributed by atoms with Gasteiger partial charge in [-0.25, -0.2) is 0 Å². The molecule has 1 atom stereocenters. The van der Waals surface area contributed by atoms with Crippen LogP contribution in [0.5, 0.6) is 11.5 Å². The van der Waals surface area contributed by atoms with E-state index in [0.29, 0.717) is 23.7 Å². The summed E-state index contributed by atoms with van der Waals surface area (Å²) in [6.07, 6.45) is 0.0475. The van der Waals surface area contributed by atoms with Crippen molar-refractivity contribution in [1.82, 2.24) is 5.32 Å². The fourth-order valence-corrected chi connectivity index (χ4v) is 2.17. The number of hydrogen-bond donors (Lipinski definition) is 1. The first kappa shape index (κ1) is 17.2. The van der Waals surface area contributed by atoms with Crippen molar-refractivity contribution < 1.29 is 14.3 Å². The SMILES string of the molecule is CCC(Oc1ccc(Cl)cc1)C(=O)NCc1ccc(OC)cc1. The van der Waals surface area contributed by atoms with Crippen LogP contribution in [0.3, 0.4) is 0 Å². The molecule has 0 aromatic heterocycles. The first-order valence-electron chi connectivity index (χ1n) is 7.45. The van der Waals surface area contributed by atoms with Crippen molar-refractivity contribution in [3.05, 3.63) is 59.1 Å². The number of benzene rings is 2. The summed E-state index contributed by atoms with van der Waals surface area (Å²) in [7, 11) is 1.62. The Morgan fingerprint density at radius 2 is 1.70 bits per heavy atom. The fraction of sp³-hybridized carbons (Fsp3) is 0.278. The molecule has 2 rings (SSSR count). The van der Waals surface area contributed by atoms with Crippen LogP contribution in [0.2, 0.25) is 5.02 Å². The molecule has 0 bridgehead atoms. The van der Waals surface area contributed by atoms with Gasteiger partial charge in [0.2, 0.25) is 0 Å². The average molecular weight is 334 g/mol. The van der Waals surface area contributed by atoms with E-state index in [-0.39, 0.29) is 5.91 Å². The summed E-state index contributed by atoms with van der Waals surface area (Å²) in [6.45, 7) is 2.36. The third kappa shape index (κ3) is 5.18. The van der Waals surface area contributed by atoms with Crippen molar-refractivity contribution in [3.8, 4) is 11.5 Å². The standard InChI is InChI=1S/C18H20ClNO3/c1-3-17(23-16-10-6-14(19)7-11-16)18(21)20-12-13-4-8-15(22-2)9-5-13/h4-11,17H,3,12H2,1-2H3,(H,20,21). The third-order valence-electron chi connectivity index (χ3n) is 3.38. The van der Waals surface area contributed by atoms with Gasteiger partial charge in [-0.3, -0.25) is 4.79 Å². The van der Waals surface area contributed by atoms with E-state index in [0.717, 1.165) is 11.3 Å². The zero-order chi connectivity index (χ0) is 16.7. The summed E-state index contributed by atoms with van der Waals surface area (Å²) in [5.41, 5.74) is 1.00. The lowest BCUT2D eigenvalue weighted by molar-refractivity contribution is -0.128. The van der Waals surface area contributed by atoms with Crippen molar-refractivity contribution >= 4 is 17.5 Å². The highest BCUT2D eigenvalue weighted by Crippen LogP contribution is 2.18. The van der Waals surface area contributed by atoms with Crippen LogP contribution in [0.15, 0.2) is 48.5 Å². The van der Waals surface area contributed by atoms with Gasteiger partial charge in [0, 0.05) is 11.6 Å². The molecule has 0 saturated heterocycles. The van der Waals surface area contributed by atoms with E-state index in [4.69, 9.17) is 21.1 Å². The number of halogens is 1. The van der Waals surface area contributed by atoms with Crippen LogP contribution in [-0.2, 0) is 11.3 Å². The summed E-state index contributed by atoms with van der Waals surface area (Å²) in [4.78, 5) is 12.3. The molecule has 0 heterocycles. The van der Waals surface area contributed by atoms with Crippen LogP contribution in [0, 0.1) is 0 Å². The number of carbonyl (C=O) groups is 1. The maximum Gasteiger partial charge on any atom is 0.261 e. The third-order valence-corrected chi connectivity index (χ3v) is 3.63. The van der Waals surface area contributed by atoms with Gasteiger partial charge in [-0.2, -0.15) is 0 Å². The molecular formula is C18H20ClNO3. The van der Waals surface area contributed by atoms with Crippen LogP contribution in [0.25, 0.3) is 0 Å². The van der Waals surface area contributed by atoms with Gasteiger partial charge in [0.15, 0.2) is 6.10 Å². The minimum atomic E-state index is -0.533. The number of hydrogen-bond acceptors (Lipinski definition) is 3. The van der Waals surface area contributed by atoms with E-state index < -0.39 is 6.10 Å². The number of rotatable bonds is 7. The highest BCUT2D eigenvalue weighted by atomic mass is 35.5. The van der Waals surface area contributed by atoms with Crippen LogP contribution in [0.1, 0.15) is 18.9 Å². The molecule has 0 radical (unpaired) electrons. The van der Waals surface area contributed by atoms with E-state index >= 15 is 0 Å². The lowest BCUT2D eigenvalue weighted by Gasteiger charge is -2.17. The molecule has 23 heavy (non-hydrogen) atoms. The summed E-state index contributed by atoms with van der Waals surface area (Å²) in [6, 6.07) is 14.5. The Hall–Kier alpha value is -2.20. The molecule has 0 spiro atoms. The van der Waals surface area contributed by atoms with Crippen molar-refractivity contribution in [2.24, 2.45) is 0 Å². The van der Waals surface area contributed by atoms with Crippen molar-refractivity contribution in [3.63, 3.8) is 0 Å². The Kier molecular flexibility index (Phi) is 6.29. The molecule has 2 aromatic carbocycles. The Balaban J connectivity index is 1.90. The topological polar surface area (TPSA) is 47.6 Å². The van der Waals surface area contributed by atoms with Gasteiger partial charge in [-0.15, -0.1) is 0 Å². The van der Waals surface area contributed by atoms with E-state index in [9.17, 15) is 4.79 Å². The minimum absolute atomic E-state index is 0.140. The second-order valence-electron chi connectivity index (χ2n) is 5.03. The second-order valence-corrected chi connectivity index (χ2v) is 5.47. The van der Waals surface area contributed by atoms with Crippen LogP contribution < -0.4 is 14.8 Å². The molecule has 0 saturated carbocycles. The van der Waals surface area contributed by atoms with Gasteiger partial charge >= 0.3 is 0 Å². The maximum atomic E-state index is 12.3. The highest BCUT2D eigenvalue weighted by Gasteiger charge is 2.17. The smallest absolute Gasteiger partial charge is 0.261 e. The van der Waals surface area contributed by atoms with Gasteiger partial charge in [0.1, 0.15) is 11.5 Å². The number of ether oxygens (including phenoxy) is 2. The van der Waals surface area contributed by atoms with E-state index in [1.807, 2.05) is 31.2 Å². The monoisotopic (exact) mass is 333 g/mol. The molecule has 1 N–H and O–H groups in total. The normalized spacial score (nSPS) is 11.6. The molecule has 2 aromatic rings. The van der Waals surface area contributed by atoms with E-state index in [1.165, 1.54) is 0 Å². The molecular weight excluding hydrogens is 314 g/mol. The van der Waals surface area contributed by atoms with Crippen LogP contribution in [0.4, 0.5) is 0 Å².